The minimum atomic E-state index is -0.835. The standard InChI is InChI=1S/C11H16BrNO2/c1-3-15-8-11(2,14)5-9-4-10(12)7-13-6-9/h4,6-7,14H,3,5,8H2,1-2H3. The van der Waals surface area contributed by atoms with Gasteiger partial charge in [-0.25, -0.2) is 0 Å². The molecule has 0 aliphatic carbocycles. The Kier molecular flexibility index (Phi) is 4.70. The van der Waals surface area contributed by atoms with Crippen LogP contribution in [0.4, 0.5) is 0 Å². The van der Waals surface area contributed by atoms with Crippen LogP contribution in [0.15, 0.2) is 22.9 Å². The van der Waals surface area contributed by atoms with Gasteiger partial charge in [0.1, 0.15) is 0 Å². The van der Waals surface area contributed by atoms with Gasteiger partial charge in [-0.15, -0.1) is 0 Å². The Labute approximate surface area is 98.6 Å². The number of aromatic nitrogens is 1. The monoisotopic (exact) mass is 273 g/mol. The van der Waals surface area contributed by atoms with Crippen molar-refractivity contribution in [1.82, 2.24) is 4.98 Å². The van der Waals surface area contributed by atoms with Crippen molar-refractivity contribution in [2.45, 2.75) is 25.9 Å². The van der Waals surface area contributed by atoms with E-state index in [1.807, 2.05) is 13.0 Å². The molecule has 15 heavy (non-hydrogen) atoms. The molecule has 1 unspecified atom stereocenters. The Morgan fingerprint density at radius 1 is 1.53 bits per heavy atom. The zero-order valence-corrected chi connectivity index (χ0v) is 10.6. The lowest BCUT2D eigenvalue weighted by Gasteiger charge is -2.22. The highest BCUT2D eigenvalue weighted by Gasteiger charge is 2.21. The average molecular weight is 274 g/mol. The van der Waals surface area contributed by atoms with Gasteiger partial charge < -0.3 is 9.84 Å². The van der Waals surface area contributed by atoms with Crippen molar-refractivity contribution < 1.29 is 9.84 Å². The van der Waals surface area contributed by atoms with Crippen molar-refractivity contribution in [3.8, 4) is 0 Å². The third-order valence-electron chi connectivity index (χ3n) is 1.96. The van der Waals surface area contributed by atoms with Crippen LogP contribution in [-0.4, -0.2) is 28.9 Å². The topological polar surface area (TPSA) is 42.4 Å². The average Bonchev–Trinajstić information content (AvgIpc) is 2.14. The number of pyridine rings is 1. The van der Waals surface area contributed by atoms with Crippen LogP contribution < -0.4 is 0 Å². The van der Waals surface area contributed by atoms with Gasteiger partial charge in [0.2, 0.25) is 0 Å². The molecule has 0 aliphatic heterocycles. The zero-order chi connectivity index (χ0) is 11.3. The minimum absolute atomic E-state index is 0.343. The summed E-state index contributed by atoms with van der Waals surface area (Å²) in [6.45, 7) is 4.64. The Morgan fingerprint density at radius 3 is 2.87 bits per heavy atom. The molecule has 1 heterocycles. The van der Waals surface area contributed by atoms with E-state index in [2.05, 4.69) is 20.9 Å². The van der Waals surface area contributed by atoms with Crippen LogP contribution in [0.3, 0.4) is 0 Å². The van der Waals surface area contributed by atoms with Crippen LogP contribution in [0.2, 0.25) is 0 Å². The van der Waals surface area contributed by atoms with Gasteiger partial charge in [-0.1, -0.05) is 0 Å². The summed E-state index contributed by atoms with van der Waals surface area (Å²) in [5.74, 6) is 0. The maximum atomic E-state index is 10.0. The van der Waals surface area contributed by atoms with E-state index in [0.717, 1.165) is 10.0 Å². The normalized spacial score (nSPS) is 14.9. The van der Waals surface area contributed by atoms with Gasteiger partial charge >= 0.3 is 0 Å². The summed E-state index contributed by atoms with van der Waals surface area (Å²) >= 11 is 3.35. The molecular formula is C11H16BrNO2. The number of nitrogens with zero attached hydrogens (tertiary/aromatic N) is 1. The predicted molar refractivity (Wildman–Crippen MR) is 62.8 cm³/mol. The molecule has 0 saturated carbocycles. The molecule has 1 atom stereocenters. The van der Waals surface area contributed by atoms with Gasteiger partial charge in [-0.2, -0.15) is 0 Å². The quantitative estimate of drug-likeness (QED) is 0.894. The molecule has 3 nitrogen and oxygen atoms in total. The van der Waals surface area contributed by atoms with Gasteiger partial charge in [0, 0.05) is 29.9 Å². The summed E-state index contributed by atoms with van der Waals surface area (Å²) in [6.07, 6.45) is 4.02. The number of hydrogen-bond acceptors (Lipinski definition) is 3. The van der Waals surface area contributed by atoms with Crippen molar-refractivity contribution in [2.24, 2.45) is 0 Å². The van der Waals surface area contributed by atoms with Gasteiger partial charge in [-0.05, 0) is 41.4 Å². The van der Waals surface area contributed by atoms with Crippen molar-refractivity contribution in [2.75, 3.05) is 13.2 Å². The molecule has 84 valence electrons. The molecule has 4 heteroatoms. The van der Waals surface area contributed by atoms with E-state index in [9.17, 15) is 5.11 Å². The van der Waals surface area contributed by atoms with Gasteiger partial charge in [-0.3, -0.25) is 4.98 Å². The van der Waals surface area contributed by atoms with Crippen molar-refractivity contribution in [3.63, 3.8) is 0 Å². The Balaban J connectivity index is 2.60. The Hall–Kier alpha value is -0.450. The Morgan fingerprint density at radius 2 is 2.27 bits per heavy atom. The SMILES string of the molecule is CCOCC(C)(O)Cc1cncc(Br)c1. The first-order valence-electron chi connectivity index (χ1n) is 4.93. The van der Waals surface area contributed by atoms with E-state index in [1.54, 1.807) is 19.3 Å². The number of aliphatic hydroxyl groups is 1. The van der Waals surface area contributed by atoms with Crippen molar-refractivity contribution in [3.05, 3.63) is 28.5 Å². The molecule has 0 fully saturated rings. The summed E-state index contributed by atoms with van der Waals surface area (Å²) in [4.78, 5) is 4.05. The molecule has 1 rings (SSSR count). The fraction of sp³-hybridized carbons (Fsp3) is 0.545. The number of rotatable bonds is 5. The van der Waals surface area contributed by atoms with Crippen LogP contribution >= 0.6 is 15.9 Å². The number of hydrogen-bond donors (Lipinski definition) is 1. The molecule has 0 saturated heterocycles. The molecule has 1 aromatic heterocycles. The van der Waals surface area contributed by atoms with Crippen LogP contribution in [0.25, 0.3) is 0 Å². The predicted octanol–water partition coefficient (Wildman–Crippen LogP) is 2.17. The van der Waals surface area contributed by atoms with Crippen LogP contribution in [-0.2, 0) is 11.2 Å². The zero-order valence-electron chi connectivity index (χ0n) is 9.03. The molecule has 1 N–H and O–H groups in total. The lowest BCUT2D eigenvalue weighted by Crippen LogP contribution is -2.33. The molecule has 0 aliphatic rings. The first kappa shape index (κ1) is 12.6. The van der Waals surface area contributed by atoms with Crippen LogP contribution in [0.5, 0.6) is 0 Å². The summed E-state index contributed by atoms with van der Waals surface area (Å²) in [5, 5.41) is 10.0. The molecule has 0 radical (unpaired) electrons. The van der Waals surface area contributed by atoms with E-state index < -0.39 is 5.60 Å². The van der Waals surface area contributed by atoms with E-state index in [0.29, 0.717) is 19.6 Å². The third kappa shape index (κ3) is 4.73. The first-order chi connectivity index (χ1) is 7.03. The van der Waals surface area contributed by atoms with E-state index in [-0.39, 0.29) is 0 Å². The van der Waals surface area contributed by atoms with Crippen molar-refractivity contribution >= 4 is 15.9 Å². The third-order valence-corrected chi connectivity index (χ3v) is 2.40. The van der Waals surface area contributed by atoms with Gasteiger partial charge in [0.05, 0.1) is 12.2 Å². The molecule has 0 bridgehead atoms. The highest BCUT2D eigenvalue weighted by Crippen LogP contribution is 2.16. The molecule has 0 aromatic carbocycles. The summed E-state index contributed by atoms with van der Waals surface area (Å²) in [6, 6.07) is 1.95. The summed E-state index contributed by atoms with van der Waals surface area (Å²) < 4.78 is 6.14. The minimum Gasteiger partial charge on any atom is -0.387 e. The van der Waals surface area contributed by atoms with E-state index in [4.69, 9.17) is 4.74 Å². The molecule has 1 aromatic rings. The fourth-order valence-corrected chi connectivity index (χ4v) is 1.78. The van der Waals surface area contributed by atoms with E-state index >= 15 is 0 Å². The van der Waals surface area contributed by atoms with Crippen molar-refractivity contribution in [1.29, 1.82) is 0 Å². The summed E-state index contributed by atoms with van der Waals surface area (Å²) in [7, 11) is 0. The second kappa shape index (κ2) is 5.58. The highest BCUT2D eigenvalue weighted by atomic mass is 79.9. The maximum absolute atomic E-state index is 10.0. The fourth-order valence-electron chi connectivity index (χ4n) is 1.37. The van der Waals surface area contributed by atoms with Crippen LogP contribution in [0.1, 0.15) is 19.4 Å². The number of halogens is 1. The smallest absolute Gasteiger partial charge is 0.0892 e. The van der Waals surface area contributed by atoms with Crippen LogP contribution in [0, 0.1) is 0 Å². The van der Waals surface area contributed by atoms with Gasteiger partial charge in [0.25, 0.3) is 0 Å². The largest absolute Gasteiger partial charge is 0.387 e. The summed E-state index contributed by atoms with van der Waals surface area (Å²) in [5.41, 5.74) is 0.160. The first-order valence-corrected chi connectivity index (χ1v) is 5.72. The highest BCUT2D eigenvalue weighted by molar-refractivity contribution is 9.10. The van der Waals surface area contributed by atoms with Gasteiger partial charge in [0.15, 0.2) is 0 Å². The second-order valence-electron chi connectivity index (χ2n) is 3.82. The Bertz CT molecular complexity index is 315. The lowest BCUT2D eigenvalue weighted by molar-refractivity contribution is -0.0297. The maximum Gasteiger partial charge on any atom is 0.0892 e. The molecule has 0 spiro atoms. The van der Waals surface area contributed by atoms with E-state index in [1.165, 1.54) is 0 Å². The number of ether oxygens (including phenoxy) is 1. The lowest BCUT2D eigenvalue weighted by atomic mass is 9.99. The second-order valence-corrected chi connectivity index (χ2v) is 4.74. The molecular weight excluding hydrogens is 258 g/mol. The molecule has 0 amide bonds.